The minimum atomic E-state index is -0.914. The highest BCUT2D eigenvalue weighted by Gasteiger charge is 2.96. The van der Waals surface area contributed by atoms with Crippen molar-refractivity contribution >= 4 is 5.97 Å². The molecule has 8 nitrogen and oxygen atoms in total. The van der Waals surface area contributed by atoms with Gasteiger partial charge in [0.1, 0.15) is 0 Å². The van der Waals surface area contributed by atoms with E-state index in [2.05, 4.69) is 78.3 Å². The van der Waals surface area contributed by atoms with Crippen LogP contribution in [0.4, 0.5) is 0 Å². The zero-order chi connectivity index (χ0) is 26.7. The molecule has 7 N–H and O–H groups in total. The van der Waals surface area contributed by atoms with Gasteiger partial charge in [-0.15, -0.1) is 0 Å². The topological polar surface area (TPSA) is 134 Å². The van der Waals surface area contributed by atoms with Crippen molar-refractivity contribution < 1.29 is 25.2 Å². The van der Waals surface area contributed by atoms with Crippen LogP contribution in [0, 0.1) is 35.5 Å². The Morgan fingerprint density at radius 1 is 0.711 bits per heavy atom. The lowest BCUT2D eigenvalue weighted by Gasteiger charge is -2.95. The summed E-state index contributed by atoms with van der Waals surface area (Å²) in [4.78, 5) is 11.5. The summed E-state index contributed by atoms with van der Waals surface area (Å²) >= 11 is 0. The summed E-state index contributed by atoms with van der Waals surface area (Å²) in [5, 5.41) is 54.1. The van der Waals surface area contributed by atoms with Crippen LogP contribution < -0.4 is 16.0 Å². The van der Waals surface area contributed by atoms with E-state index in [-0.39, 0.29) is 62.4 Å². The molecule has 0 radical (unpaired) electrons. The Balaban J connectivity index is 1.46. The standard InChI is InChI=1S/C30H37N3O5/c1-16-3-7-18(8-4-16)21-27(12-31-11-20(37)38)23-29(14-35)22(19-9-5-17(2)6-10-19)30(15-36)25(32-23)28(21,13-34)26(30)33-24(27)29/h3-10,21-26,31-36H,11-15H2,1-2H3,(H,37,38). The molecule has 4 heterocycles. The molecule has 6 atom stereocenters. The average Bonchev–Trinajstić information content (AvgIpc) is 2.89. The summed E-state index contributed by atoms with van der Waals surface area (Å²) < 4.78 is 0. The monoisotopic (exact) mass is 519 g/mol. The second-order valence-electron chi connectivity index (χ2n) is 12.7. The first-order chi connectivity index (χ1) is 18.3. The van der Waals surface area contributed by atoms with Crippen LogP contribution in [-0.4, -0.2) is 83.5 Å². The third-order valence-corrected chi connectivity index (χ3v) is 11.5. The van der Waals surface area contributed by atoms with Gasteiger partial charge in [-0.1, -0.05) is 59.7 Å². The Bertz CT molecular complexity index is 1250. The Kier molecular flexibility index (Phi) is 5.11. The number of piperidine rings is 4. The maximum Gasteiger partial charge on any atom is 0.317 e. The lowest BCUT2D eigenvalue weighted by Crippen LogP contribution is -3.08. The van der Waals surface area contributed by atoms with Crippen molar-refractivity contribution in [1.29, 1.82) is 0 Å². The van der Waals surface area contributed by atoms with Crippen molar-refractivity contribution in [1.82, 2.24) is 16.0 Å². The zero-order valence-electron chi connectivity index (χ0n) is 21.8. The summed E-state index contributed by atoms with van der Waals surface area (Å²) in [5.74, 6) is -1.10. The number of hydrogen-bond acceptors (Lipinski definition) is 7. The largest absolute Gasteiger partial charge is 0.480 e. The first kappa shape index (κ1) is 24.7. The number of nitrogens with one attached hydrogen (secondary N) is 3. The Hall–Kier alpha value is -2.33. The number of rotatable bonds is 9. The molecule has 0 amide bonds. The molecule has 8 rings (SSSR count). The molecule has 6 fully saturated rings. The molecule has 8 bridgehead atoms. The number of hydrogen-bond donors (Lipinski definition) is 7. The zero-order valence-corrected chi connectivity index (χ0v) is 21.8. The molecular formula is C30H37N3O5. The molecule has 8 heteroatoms. The fourth-order valence-corrected chi connectivity index (χ4v) is 10.7. The maximum absolute atomic E-state index is 11.5. The second-order valence-corrected chi connectivity index (χ2v) is 12.7. The van der Waals surface area contributed by atoms with Gasteiger partial charge in [0.15, 0.2) is 0 Å². The van der Waals surface area contributed by atoms with E-state index in [1.54, 1.807) is 0 Å². The molecule has 2 saturated carbocycles. The molecule has 0 spiro atoms. The quantitative estimate of drug-likeness (QED) is 0.255. The lowest BCUT2D eigenvalue weighted by atomic mass is 9.17. The summed E-state index contributed by atoms with van der Waals surface area (Å²) in [6, 6.07) is 16.3. The fourth-order valence-electron chi connectivity index (χ4n) is 10.7. The molecule has 38 heavy (non-hydrogen) atoms. The molecule has 0 aromatic heterocycles. The van der Waals surface area contributed by atoms with Crippen LogP contribution in [0.5, 0.6) is 0 Å². The minimum absolute atomic E-state index is 0.0600. The summed E-state index contributed by atoms with van der Waals surface area (Å²) in [6.45, 7) is 4.20. The van der Waals surface area contributed by atoms with Gasteiger partial charge in [-0.05, 0) is 25.0 Å². The van der Waals surface area contributed by atoms with Gasteiger partial charge >= 0.3 is 5.97 Å². The van der Waals surface area contributed by atoms with Crippen molar-refractivity contribution in [3.63, 3.8) is 0 Å². The van der Waals surface area contributed by atoms with E-state index in [9.17, 15) is 25.2 Å². The van der Waals surface area contributed by atoms with Gasteiger partial charge in [0.2, 0.25) is 0 Å². The third-order valence-electron chi connectivity index (χ3n) is 11.5. The Morgan fingerprint density at radius 2 is 1.08 bits per heavy atom. The molecule has 2 aromatic rings. The van der Waals surface area contributed by atoms with Gasteiger partial charge in [-0.25, -0.2) is 0 Å². The maximum atomic E-state index is 11.5. The number of aliphatic hydroxyl groups excluding tert-OH is 3. The molecule has 4 aliphatic heterocycles. The van der Waals surface area contributed by atoms with Gasteiger partial charge in [-0.2, -0.15) is 0 Å². The lowest BCUT2D eigenvalue weighted by molar-refractivity contribution is -0.407. The second kappa shape index (κ2) is 7.87. The third kappa shape index (κ3) is 2.43. The van der Waals surface area contributed by atoms with E-state index in [1.807, 2.05) is 0 Å². The predicted octanol–water partition coefficient (Wildman–Crippen LogP) is 0.489. The number of aliphatic hydroxyl groups is 3. The van der Waals surface area contributed by atoms with Gasteiger partial charge < -0.3 is 36.4 Å². The van der Waals surface area contributed by atoms with Crippen molar-refractivity contribution in [3.05, 3.63) is 70.8 Å². The van der Waals surface area contributed by atoms with E-state index in [4.69, 9.17) is 0 Å². The number of benzene rings is 2. The Morgan fingerprint density at radius 3 is 1.45 bits per heavy atom. The fraction of sp³-hybridized carbons (Fsp3) is 0.567. The highest BCUT2D eigenvalue weighted by Crippen LogP contribution is 2.87. The van der Waals surface area contributed by atoms with Gasteiger partial charge in [0.25, 0.3) is 0 Å². The van der Waals surface area contributed by atoms with Crippen LogP contribution in [0.2, 0.25) is 0 Å². The number of carbonyl (C=O) groups is 1. The number of carboxylic acids is 1. The first-order valence-corrected chi connectivity index (χ1v) is 13.7. The van der Waals surface area contributed by atoms with E-state index in [0.717, 1.165) is 22.3 Å². The van der Waals surface area contributed by atoms with Crippen LogP contribution >= 0.6 is 0 Å². The molecule has 4 saturated heterocycles. The minimum Gasteiger partial charge on any atom is -0.480 e. The Labute approximate surface area is 222 Å². The van der Waals surface area contributed by atoms with E-state index >= 15 is 0 Å². The first-order valence-electron chi connectivity index (χ1n) is 13.7. The predicted molar refractivity (Wildman–Crippen MR) is 141 cm³/mol. The van der Waals surface area contributed by atoms with Gasteiger partial charge in [0.05, 0.1) is 26.4 Å². The van der Waals surface area contributed by atoms with Crippen molar-refractivity contribution in [2.45, 2.75) is 49.9 Å². The van der Waals surface area contributed by atoms with Crippen LogP contribution in [0.1, 0.15) is 34.1 Å². The smallest absolute Gasteiger partial charge is 0.317 e. The van der Waals surface area contributed by atoms with Crippen molar-refractivity contribution in [3.8, 4) is 0 Å². The molecule has 6 aliphatic rings. The number of aliphatic carboxylic acids is 1. The average molecular weight is 520 g/mol. The summed E-state index contributed by atoms with van der Waals surface area (Å²) in [6.07, 6.45) is 0. The van der Waals surface area contributed by atoms with E-state index in [1.165, 1.54) is 0 Å². The van der Waals surface area contributed by atoms with Crippen molar-refractivity contribution in [2.75, 3.05) is 32.9 Å². The highest BCUT2D eigenvalue weighted by molar-refractivity contribution is 5.69. The summed E-state index contributed by atoms with van der Waals surface area (Å²) in [7, 11) is 0. The van der Waals surface area contributed by atoms with Gasteiger partial charge in [0, 0.05) is 64.2 Å². The van der Waals surface area contributed by atoms with Crippen LogP contribution in [0.25, 0.3) is 0 Å². The molecule has 6 unspecified atom stereocenters. The van der Waals surface area contributed by atoms with Crippen molar-refractivity contribution in [2.24, 2.45) is 21.7 Å². The normalized spacial score (nSPS) is 45.0. The summed E-state index contributed by atoms with van der Waals surface area (Å²) in [5.41, 5.74) is 2.31. The SMILES string of the molecule is Cc1ccc(C2C3(CO)C4NC5C2(CO)C2NC3C4(CO)C(c3ccc(C)cc3)C52CNCC(=O)O)cc1. The highest BCUT2D eigenvalue weighted by atomic mass is 16.4. The van der Waals surface area contributed by atoms with Crippen LogP contribution in [0.15, 0.2) is 48.5 Å². The van der Waals surface area contributed by atoms with E-state index < -0.39 is 27.6 Å². The molecule has 2 aromatic carbocycles. The van der Waals surface area contributed by atoms with Crippen LogP contribution in [0.3, 0.4) is 0 Å². The molecule has 2 aliphatic carbocycles. The number of carboxylic acid groups (broad SMARTS) is 1. The van der Waals surface area contributed by atoms with E-state index in [0.29, 0.717) is 6.54 Å². The van der Waals surface area contributed by atoms with Gasteiger partial charge in [-0.3, -0.25) is 4.79 Å². The van der Waals surface area contributed by atoms with Crippen LogP contribution in [-0.2, 0) is 4.79 Å². The number of aryl methyl sites for hydroxylation is 2. The molecule has 202 valence electrons. The molecular weight excluding hydrogens is 482 g/mol.